The van der Waals surface area contributed by atoms with Crippen LogP contribution in [0.3, 0.4) is 0 Å². The molecule has 1 unspecified atom stereocenters. The van der Waals surface area contributed by atoms with Crippen LogP contribution in [0.4, 0.5) is 4.39 Å². The Kier molecular flexibility index (Phi) is 3.58. The zero-order valence-electron chi connectivity index (χ0n) is 10.4. The van der Waals surface area contributed by atoms with Gasteiger partial charge in [-0.3, -0.25) is 4.98 Å². The summed E-state index contributed by atoms with van der Waals surface area (Å²) in [5.41, 5.74) is 8.73. The van der Waals surface area contributed by atoms with E-state index in [2.05, 4.69) is 4.98 Å². The first-order valence-corrected chi connectivity index (χ1v) is 5.63. The van der Waals surface area contributed by atoms with E-state index in [0.717, 1.165) is 16.8 Å². The van der Waals surface area contributed by atoms with Gasteiger partial charge in [-0.05, 0) is 36.2 Å². The molecule has 0 spiro atoms. The van der Waals surface area contributed by atoms with Gasteiger partial charge in [0.15, 0.2) is 11.6 Å². The van der Waals surface area contributed by atoms with Crippen LogP contribution in [0.1, 0.15) is 22.9 Å². The van der Waals surface area contributed by atoms with Crippen molar-refractivity contribution in [2.75, 3.05) is 7.11 Å². The number of aromatic nitrogens is 1. The fourth-order valence-electron chi connectivity index (χ4n) is 1.73. The summed E-state index contributed by atoms with van der Waals surface area (Å²) in [4.78, 5) is 4.20. The van der Waals surface area contributed by atoms with E-state index >= 15 is 0 Å². The molecule has 1 aromatic heterocycles. The van der Waals surface area contributed by atoms with Gasteiger partial charge in [-0.2, -0.15) is 0 Å². The van der Waals surface area contributed by atoms with Gasteiger partial charge in [0.2, 0.25) is 0 Å². The Morgan fingerprint density at radius 1 is 1.22 bits per heavy atom. The van der Waals surface area contributed by atoms with Crippen molar-refractivity contribution in [2.24, 2.45) is 5.73 Å². The summed E-state index contributed by atoms with van der Waals surface area (Å²) in [5, 5.41) is 0. The van der Waals surface area contributed by atoms with E-state index in [0.29, 0.717) is 0 Å². The van der Waals surface area contributed by atoms with Crippen LogP contribution in [0.15, 0.2) is 36.5 Å². The quantitative estimate of drug-likeness (QED) is 0.905. The molecule has 0 radical (unpaired) electrons. The number of hydrogen-bond donors (Lipinski definition) is 1. The Balaban J connectivity index is 2.33. The van der Waals surface area contributed by atoms with E-state index in [1.54, 1.807) is 18.3 Å². The van der Waals surface area contributed by atoms with Crippen LogP contribution < -0.4 is 10.5 Å². The van der Waals surface area contributed by atoms with Crippen molar-refractivity contribution in [1.82, 2.24) is 4.98 Å². The molecule has 94 valence electrons. The highest BCUT2D eigenvalue weighted by atomic mass is 19.1. The monoisotopic (exact) mass is 246 g/mol. The van der Waals surface area contributed by atoms with E-state index in [9.17, 15) is 4.39 Å². The first-order valence-electron chi connectivity index (χ1n) is 5.63. The third-order valence-corrected chi connectivity index (χ3v) is 2.83. The van der Waals surface area contributed by atoms with Gasteiger partial charge < -0.3 is 10.5 Å². The maximum atomic E-state index is 13.3. The van der Waals surface area contributed by atoms with E-state index in [1.807, 2.05) is 19.1 Å². The largest absolute Gasteiger partial charge is 0.494 e. The molecule has 0 bridgehead atoms. The molecule has 2 aromatic rings. The second-order valence-electron chi connectivity index (χ2n) is 4.10. The molecular formula is C14H15FN2O. The average Bonchev–Trinajstić information content (AvgIpc) is 2.39. The Morgan fingerprint density at radius 3 is 2.56 bits per heavy atom. The van der Waals surface area contributed by atoms with Crippen LogP contribution in [0.2, 0.25) is 0 Å². The summed E-state index contributed by atoms with van der Waals surface area (Å²) in [6.45, 7) is 1.91. The fraction of sp³-hybridized carbons (Fsp3) is 0.214. The van der Waals surface area contributed by atoms with Gasteiger partial charge in [0, 0.05) is 11.9 Å². The molecule has 1 atom stereocenters. The number of rotatable bonds is 3. The minimum Gasteiger partial charge on any atom is -0.494 e. The highest BCUT2D eigenvalue weighted by Crippen LogP contribution is 2.25. The van der Waals surface area contributed by atoms with Crippen molar-refractivity contribution in [1.29, 1.82) is 0 Å². The minimum absolute atomic E-state index is 0.197. The maximum absolute atomic E-state index is 13.3. The molecule has 18 heavy (non-hydrogen) atoms. The summed E-state index contributed by atoms with van der Waals surface area (Å²) >= 11 is 0. The van der Waals surface area contributed by atoms with Crippen LogP contribution in [-0.4, -0.2) is 12.1 Å². The number of aryl methyl sites for hydroxylation is 1. The van der Waals surface area contributed by atoms with Gasteiger partial charge in [-0.25, -0.2) is 4.39 Å². The molecule has 1 aromatic carbocycles. The highest BCUT2D eigenvalue weighted by molar-refractivity contribution is 5.36. The number of pyridine rings is 1. The smallest absolute Gasteiger partial charge is 0.165 e. The summed E-state index contributed by atoms with van der Waals surface area (Å²) in [5.74, 6) is -0.196. The van der Waals surface area contributed by atoms with Crippen LogP contribution in [0.5, 0.6) is 5.75 Å². The lowest BCUT2D eigenvalue weighted by Gasteiger charge is -2.13. The topological polar surface area (TPSA) is 48.1 Å². The van der Waals surface area contributed by atoms with Crippen molar-refractivity contribution in [3.63, 3.8) is 0 Å². The lowest BCUT2D eigenvalue weighted by Crippen LogP contribution is -2.12. The molecule has 0 amide bonds. The predicted molar refractivity (Wildman–Crippen MR) is 68.0 cm³/mol. The van der Waals surface area contributed by atoms with Gasteiger partial charge in [-0.1, -0.05) is 12.1 Å². The Morgan fingerprint density at radius 2 is 1.94 bits per heavy atom. The van der Waals surface area contributed by atoms with Gasteiger partial charge in [0.05, 0.1) is 13.2 Å². The number of ether oxygens (including phenoxy) is 1. The molecule has 2 rings (SSSR count). The average molecular weight is 246 g/mol. The summed E-state index contributed by atoms with van der Waals surface area (Å²) in [6, 6.07) is 8.10. The van der Waals surface area contributed by atoms with E-state index < -0.39 is 5.82 Å². The molecule has 0 aliphatic heterocycles. The van der Waals surface area contributed by atoms with Crippen molar-refractivity contribution < 1.29 is 9.13 Å². The number of methoxy groups -OCH3 is 1. The van der Waals surface area contributed by atoms with E-state index in [-0.39, 0.29) is 11.8 Å². The number of halogens is 1. The highest BCUT2D eigenvalue weighted by Gasteiger charge is 2.12. The Labute approximate surface area is 105 Å². The van der Waals surface area contributed by atoms with Crippen molar-refractivity contribution in [3.05, 3.63) is 59.2 Å². The Hall–Kier alpha value is -1.94. The van der Waals surface area contributed by atoms with Crippen molar-refractivity contribution >= 4 is 0 Å². The van der Waals surface area contributed by atoms with Gasteiger partial charge in [0.1, 0.15) is 0 Å². The normalized spacial score (nSPS) is 12.2. The first kappa shape index (κ1) is 12.5. The SMILES string of the molecule is COc1cc(C(N)c2ccc(C)nc2)ccc1F. The molecular weight excluding hydrogens is 231 g/mol. The molecule has 1 heterocycles. The fourth-order valence-corrected chi connectivity index (χ4v) is 1.73. The third kappa shape index (κ3) is 2.49. The number of nitrogens with zero attached hydrogens (tertiary/aromatic N) is 1. The van der Waals surface area contributed by atoms with Gasteiger partial charge in [-0.15, -0.1) is 0 Å². The second kappa shape index (κ2) is 5.14. The lowest BCUT2D eigenvalue weighted by atomic mass is 10.0. The predicted octanol–water partition coefficient (Wildman–Crippen LogP) is 2.59. The molecule has 0 saturated carbocycles. The number of nitrogens with two attached hydrogens (primary N) is 1. The minimum atomic E-state index is -0.393. The maximum Gasteiger partial charge on any atom is 0.165 e. The Bertz CT molecular complexity index is 540. The molecule has 0 aliphatic carbocycles. The lowest BCUT2D eigenvalue weighted by molar-refractivity contribution is 0.385. The third-order valence-electron chi connectivity index (χ3n) is 2.83. The molecule has 0 aliphatic rings. The van der Waals surface area contributed by atoms with Gasteiger partial charge in [0.25, 0.3) is 0 Å². The first-order chi connectivity index (χ1) is 8.61. The van der Waals surface area contributed by atoms with Crippen LogP contribution in [0.25, 0.3) is 0 Å². The molecule has 2 N–H and O–H groups in total. The summed E-state index contributed by atoms with van der Waals surface area (Å²) in [7, 11) is 1.43. The van der Waals surface area contributed by atoms with Crippen molar-refractivity contribution in [2.45, 2.75) is 13.0 Å². The standard InChI is InChI=1S/C14H15FN2O/c1-9-3-4-11(8-17-9)14(16)10-5-6-12(15)13(7-10)18-2/h3-8,14H,16H2,1-2H3. The van der Waals surface area contributed by atoms with Crippen molar-refractivity contribution in [3.8, 4) is 5.75 Å². The molecule has 4 heteroatoms. The molecule has 0 saturated heterocycles. The zero-order chi connectivity index (χ0) is 13.1. The van der Waals surface area contributed by atoms with Crippen LogP contribution in [-0.2, 0) is 0 Å². The zero-order valence-corrected chi connectivity index (χ0v) is 10.4. The molecule has 0 fully saturated rings. The number of hydrogen-bond acceptors (Lipinski definition) is 3. The van der Waals surface area contributed by atoms with Crippen LogP contribution >= 0.6 is 0 Å². The second-order valence-corrected chi connectivity index (χ2v) is 4.10. The van der Waals surface area contributed by atoms with E-state index in [4.69, 9.17) is 10.5 Å². The summed E-state index contributed by atoms with van der Waals surface area (Å²) in [6.07, 6.45) is 1.73. The number of benzene rings is 1. The summed E-state index contributed by atoms with van der Waals surface area (Å²) < 4.78 is 18.3. The van der Waals surface area contributed by atoms with Crippen LogP contribution in [0, 0.1) is 12.7 Å². The van der Waals surface area contributed by atoms with E-state index in [1.165, 1.54) is 13.2 Å². The van der Waals surface area contributed by atoms with Gasteiger partial charge >= 0.3 is 0 Å². The molecule has 3 nitrogen and oxygen atoms in total.